The molecule has 1 aliphatic carbocycles. The number of nitrogens with one attached hydrogen (secondary N) is 1. The summed E-state index contributed by atoms with van der Waals surface area (Å²) in [6, 6.07) is 10.2. The van der Waals surface area contributed by atoms with E-state index in [1.54, 1.807) is 6.20 Å². The number of amides is 2. The largest absolute Gasteiger partial charge is 0.381 e. The molecule has 0 spiro atoms. The number of nitrogens with zero attached hydrogens (tertiary/aromatic N) is 2. The number of benzene rings is 1. The van der Waals surface area contributed by atoms with E-state index < -0.39 is 5.91 Å². The zero-order chi connectivity index (χ0) is 20.0. The van der Waals surface area contributed by atoms with Gasteiger partial charge in [0.2, 0.25) is 0 Å². The van der Waals surface area contributed by atoms with Crippen molar-refractivity contribution in [2.75, 3.05) is 5.32 Å². The summed E-state index contributed by atoms with van der Waals surface area (Å²) in [6.45, 7) is 0. The summed E-state index contributed by atoms with van der Waals surface area (Å²) >= 11 is 0. The third kappa shape index (κ3) is 3.09. The molecule has 29 heavy (non-hydrogen) atoms. The quantitative estimate of drug-likeness (QED) is 0.843. The molecule has 2 bridgehead atoms. The predicted molar refractivity (Wildman–Crippen MR) is 112 cm³/mol. The minimum atomic E-state index is -0.470. The van der Waals surface area contributed by atoms with Gasteiger partial charge in [-0.25, -0.2) is 0 Å². The molecule has 6 heteroatoms. The molecule has 3 atom stereocenters. The number of hydrogen-bond acceptors (Lipinski definition) is 4. The highest BCUT2D eigenvalue weighted by Gasteiger charge is 2.43. The molecule has 0 radical (unpaired) electrons. The Morgan fingerprint density at radius 2 is 1.83 bits per heavy atom. The number of piperidine rings is 1. The van der Waals surface area contributed by atoms with Crippen molar-refractivity contribution >= 4 is 23.6 Å². The summed E-state index contributed by atoms with van der Waals surface area (Å²) in [5.41, 5.74) is 9.53. The van der Waals surface area contributed by atoms with Crippen LogP contribution < -0.4 is 11.1 Å². The first-order valence-corrected chi connectivity index (χ1v) is 10.2. The normalized spacial score (nSPS) is 24.4. The average molecular weight is 388 g/mol. The molecule has 0 saturated carbocycles. The second-order valence-electron chi connectivity index (χ2n) is 8.15. The fourth-order valence-corrected chi connectivity index (χ4v) is 5.10. The van der Waals surface area contributed by atoms with Crippen LogP contribution in [0.25, 0.3) is 6.08 Å². The number of carbonyl (C=O) groups is 2. The standard InChI is InChI=1S/C23H24N4O2/c24-22(28)19-13-25-20-8-4-7-18(20)21(19)26-15-11-16-9-10-17(12-15)27(16)23(29)14-5-2-1-3-6-14/h1-7,13,15-17H,8-12H2,(H2,24,28)(H,25,26)/t15?,16-,17+. The van der Waals surface area contributed by atoms with Crippen LogP contribution in [0.15, 0.2) is 42.6 Å². The Morgan fingerprint density at radius 3 is 2.52 bits per heavy atom. The van der Waals surface area contributed by atoms with Crippen LogP contribution >= 0.6 is 0 Å². The van der Waals surface area contributed by atoms with Gasteiger partial charge >= 0.3 is 0 Å². The summed E-state index contributed by atoms with van der Waals surface area (Å²) < 4.78 is 0. The number of anilines is 1. The zero-order valence-corrected chi connectivity index (χ0v) is 16.2. The van der Waals surface area contributed by atoms with Crippen LogP contribution in [0.5, 0.6) is 0 Å². The van der Waals surface area contributed by atoms with Gasteiger partial charge in [-0.3, -0.25) is 14.6 Å². The molecule has 3 heterocycles. The second kappa shape index (κ2) is 7.03. The molecule has 5 rings (SSSR count). The van der Waals surface area contributed by atoms with Gasteiger partial charge in [0.15, 0.2) is 0 Å². The number of rotatable bonds is 4. The van der Waals surface area contributed by atoms with E-state index in [-0.39, 0.29) is 24.0 Å². The zero-order valence-electron chi connectivity index (χ0n) is 16.2. The summed E-state index contributed by atoms with van der Waals surface area (Å²) in [5.74, 6) is -0.343. The SMILES string of the molecule is NC(=O)c1cnc2c(c1NC1C[C@H]3CC[C@@H](C1)N3C(=O)c1ccccc1)C=CC2. The van der Waals surface area contributed by atoms with E-state index in [2.05, 4.69) is 21.3 Å². The highest BCUT2D eigenvalue weighted by Crippen LogP contribution is 2.39. The maximum absolute atomic E-state index is 13.0. The molecule has 3 aliphatic rings. The number of hydrogen-bond donors (Lipinski definition) is 2. The van der Waals surface area contributed by atoms with Gasteiger partial charge in [0.25, 0.3) is 11.8 Å². The van der Waals surface area contributed by atoms with Gasteiger partial charge < -0.3 is 16.0 Å². The van der Waals surface area contributed by atoms with Crippen LogP contribution in [-0.2, 0) is 6.42 Å². The first-order chi connectivity index (χ1) is 14.1. The molecular weight excluding hydrogens is 364 g/mol. The van der Waals surface area contributed by atoms with Crippen molar-refractivity contribution in [2.45, 2.75) is 50.2 Å². The Labute approximate surface area is 169 Å². The lowest BCUT2D eigenvalue weighted by molar-refractivity contribution is 0.0583. The van der Waals surface area contributed by atoms with E-state index in [1.165, 1.54) is 0 Å². The fourth-order valence-electron chi connectivity index (χ4n) is 5.10. The fraction of sp³-hybridized carbons (Fsp3) is 0.348. The molecule has 2 aromatic rings. The molecule has 2 fully saturated rings. The van der Waals surface area contributed by atoms with Crippen LogP contribution in [0.4, 0.5) is 5.69 Å². The van der Waals surface area contributed by atoms with Gasteiger partial charge in [-0.05, 0) is 37.8 Å². The van der Waals surface area contributed by atoms with Crippen molar-refractivity contribution in [1.82, 2.24) is 9.88 Å². The van der Waals surface area contributed by atoms with Gasteiger partial charge in [-0.15, -0.1) is 0 Å². The minimum absolute atomic E-state index is 0.127. The smallest absolute Gasteiger partial charge is 0.254 e. The van der Waals surface area contributed by atoms with Crippen LogP contribution in [0, 0.1) is 0 Å². The van der Waals surface area contributed by atoms with E-state index in [1.807, 2.05) is 36.4 Å². The van der Waals surface area contributed by atoms with Gasteiger partial charge in [0, 0.05) is 41.9 Å². The number of pyridine rings is 1. The Kier molecular flexibility index (Phi) is 4.34. The summed E-state index contributed by atoms with van der Waals surface area (Å²) in [6.07, 6.45) is 10.2. The van der Waals surface area contributed by atoms with Crippen molar-refractivity contribution in [1.29, 1.82) is 0 Å². The number of carbonyl (C=O) groups excluding carboxylic acids is 2. The molecule has 2 saturated heterocycles. The Bertz CT molecular complexity index is 987. The van der Waals surface area contributed by atoms with E-state index >= 15 is 0 Å². The van der Waals surface area contributed by atoms with E-state index in [4.69, 9.17) is 5.73 Å². The van der Waals surface area contributed by atoms with Gasteiger partial charge in [0.05, 0.1) is 16.9 Å². The molecule has 6 nitrogen and oxygen atoms in total. The second-order valence-corrected chi connectivity index (χ2v) is 8.15. The van der Waals surface area contributed by atoms with Crippen molar-refractivity contribution in [3.8, 4) is 0 Å². The third-order valence-corrected chi connectivity index (χ3v) is 6.40. The Morgan fingerprint density at radius 1 is 1.10 bits per heavy atom. The Hall–Kier alpha value is -3.15. The molecule has 3 N–H and O–H groups in total. The highest BCUT2D eigenvalue weighted by molar-refractivity contribution is 6.00. The number of allylic oxidation sites excluding steroid dienone is 1. The number of aromatic nitrogens is 1. The van der Waals surface area contributed by atoms with E-state index in [0.29, 0.717) is 5.56 Å². The molecular formula is C23H24N4O2. The van der Waals surface area contributed by atoms with Gasteiger partial charge in [-0.2, -0.15) is 0 Å². The van der Waals surface area contributed by atoms with Crippen LogP contribution in [0.2, 0.25) is 0 Å². The summed E-state index contributed by atoms with van der Waals surface area (Å²) in [4.78, 5) is 31.5. The summed E-state index contributed by atoms with van der Waals surface area (Å²) in [5, 5.41) is 3.60. The first-order valence-electron chi connectivity index (χ1n) is 10.2. The topological polar surface area (TPSA) is 88.3 Å². The van der Waals surface area contributed by atoms with Crippen molar-refractivity contribution in [2.24, 2.45) is 5.73 Å². The molecule has 2 aliphatic heterocycles. The van der Waals surface area contributed by atoms with Gasteiger partial charge in [-0.1, -0.05) is 30.4 Å². The third-order valence-electron chi connectivity index (χ3n) is 6.40. The number of fused-ring (bicyclic) bond motifs is 3. The highest BCUT2D eigenvalue weighted by atomic mass is 16.2. The van der Waals surface area contributed by atoms with Crippen LogP contribution in [0.1, 0.15) is 57.7 Å². The average Bonchev–Trinajstić information content (AvgIpc) is 3.31. The molecule has 148 valence electrons. The van der Waals surface area contributed by atoms with Crippen molar-refractivity contribution in [3.05, 3.63) is 65.0 Å². The Balaban J connectivity index is 1.38. The monoisotopic (exact) mass is 388 g/mol. The number of nitrogens with two attached hydrogens (primary N) is 1. The van der Waals surface area contributed by atoms with Crippen molar-refractivity contribution in [3.63, 3.8) is 0 Å². The maximum atomic E-state index is 13.0. The van der Waals surface area contributed by atoms with Crippen LogP contribution in [-0.4, -0.2) is 39.8 Å². The molecule has 1 aromatic heterocycles. The molecule has 1 unspecified atom stereocenters. The van der Waals surface area contributed by atoms with Gasteiger partial charge in [0.1, 0.15) is 0 Å². The maximum Gasteiger partial charge on any atom is 0.254 e. The van der Waals surface area contributed by atoms with E-state index in [0.717, 1.165) is 54.6 Å². The lowest BCUT2D eigenvalue weighted by atomic mass is 9.95. The molecule has 2 amide bonds. The van der Waals surface area contributed by atoms with E-state index in [9.17, 15) is 9.59 Å². The lowest BCUT2D eigenvalue weighted by Gasteiger charge is -2.40. The summed E-state index contributed by atoms with van der Waals surface area (Å²) in [7, 11) is 0. The first kappa shape index (κ1) is 17.9. The minimum Gasteiger partial charge on any atom is -0.381 e. The lowest BCUT2D eigenvalue weighted by Crippen LogP contribution is -2.49. The molecule has 1 aromatic carbocycles. The van der Waals surface area contributed by atoms with Crippen LogP contribution in [0.3, 0.4) is 0 Å². The van der Waals surface area contributed by atoms with Crippen molar-refractivity contribution < 1.29 is 9.59 Å². The predicted octanol–water partition coefficient (Wildman–Crippen LogP) is 3.00. The number of primary amides is 1.